The lowest BCUT2D eigenvalue weighted by Gasteiger charge is -2.33. The maximum atomic E-state index is 12.6. The fourth-order valence-corrected chi connectivity index (χ4v) is 3.42. The Morgan fingerprint density at radius 3 is 2.19 bits per heavy atom. The molecule has 1 fully saturated rings. The van der Waals surface area contributed by atoms with E-state index in [9.17, 15) is 4.79 Å². The Morgan fingerprint density at radius 2 is 1.68 bits per heavy atom. The van der Waals surface area contributed by atoms with Gasteiger partial charge in [-0.15, -0.1) is 0 Å². The molecule has 1 aliphatic rings. The van der Waals surface area contributed by atoms with E-state index in [1.807, 2.05) is 13.8 Å². The van der Waals surface area contributed by atoms with Gasteiger partial charge in [0, 0.05) is 49.9 Å². The number of anilines is 1. The Morgan fingerprint density at radius 1 is 1.06 bits per heavy atom. The molecule has 0 unspecified atom stereocenters. The monoisotopic (exact) mass is 433 g/mol. The first-order valence-corrected chi connectivity index (χ1v) is 10.3. The number of nitrogens with zero attached hydrogens (tertiary/aromatic N) is 4. The summed E-state index contributed by atoms with van der Waals surface area (Å²) in [7, 11) is 4.63. The summed E-state index contributed by atoms with van der Waals surface area (Å²) in [6, 6.07) is 3.43. The second-order valence-electron chi connectivity index (χ2n) is 7.72. The van der Waals surface area contributed by atoms with Crippen molar-refractivity contribution in [2.75, 3.05) is 59.4 Å². The summed E-state index contributed by atoms with van der Waals surface area (Å²) in [5, 5.41) is 6.92. The first-order valence-electron chi connectivity index (χ1n) is 10.3. The van der Waals surface area contributed by atoms with Crippen molar-refractivity contribution in [3.63, 3.8) is 0 Å². The summed E-state index contributed by atoms with van der Waals surface area (Å²) in [4.78, 5) is 21.4. The number of amides is 1. The predicted octanol–water partition coefficient (Wildman–Crippen LogP) is 1.98. The van der Waals surface area contributed by atoms with Crippen molar-refractivity contribution in [1.29, 1.82) is 0 Å². The normalized spacial score (nSPS) is 15.2. The van der Waals surface area contributed by atoms with E-state index in [1.165, 1.54) is 0 Å². The second-order valence-corrected chi connectivity index (χ2v) is 7.72. The van der Waals surface area contributed by atoms with Crippen molar-refractivity contribution >= 4 is 11.6 Å². The van der Waals surface area contributed by atoms with Gasteiger partial charge in [-0.3, -0.25) is 14.6 Å². The zero-order valence-corrected chi connectivity index (χ0v) is 18.8. The van der Waals surface area contributed by atoms with Gasteiger partial charge >= 0.3 is 0 Å². The molecule has 3 rings (SSSR count). The first kappa shape index (κ1) is 22.8. The second kappa shape index (κ2) is 10.5. The number of rotatable bonds is 9. The molecule has 2 heterocycles. The van der Waals surface area contributed by atoms with Gasteiger partial charge in [0.2, 0.25) is 17.5 Å². The number of aromatic nitrogens is 2. The largest absolute Gasteiger partial charge is 0.493 e. The number of hydrogen-bond acceptors (Lipinski definition) is 9. The number of benzene rings is 1. The van der Waals surface area contributed by atoms with Gasteiger partial charge in [-0.1, -0.05) is 19.0 Å². The van der Waals surface area contributed by atoms with E-state index in [0.717, 1.165) is 32.0 Å². The summed E-state index contributed by atoms with van der Waals surface area (Å²) < 4.78 is 21.3. The molecule has 1 saturated heterocycles. The van der Waals surface area contributed by atoms with Gasteiger partial charge in [-0.05, 0) is 0 Å². The summed E-state index contributed by atoms with van der Waals surface area (Å²) in [6.45, 7) is 8.25. The summed E-state index contributed by atoms with van der Waals surface area (Å²) in [5.74, 6) is 3.00. The topological polar surface area (TPSA) is 102 Å². The molecule has 0 bridgehead atoms. The van der Waals surface area contributed by atoms with Crippen molar-refractivity contribution in [3.8, 4) is 17.2 Å². The minimum Gasteiger partial charge on any atom is -0.493 e. The molecule has 170 valence electrons. The zero-order chi connectivity index (χ0) is 22.4. The van der Waals surface area contributed by atoms with Gasteiger partial charge in [-0.2, -0.15) is 4.98 Å². The number of methoxy groups -OCH3 is 3. The molecule has 1 aromatic carbocycles. The summed E-state index contributed by atoms with van der Waals surface area (Å²) >= 11 is 0. The average molecular weight is 434 g/mol. The standard InChI is InChI=1S/C21H31N5O5/c1-14(2)21-23-19(31-24-21)13-26-8-6-25(7-9-26)12-18(27)22-15-10-16(28-3)20(30-5)17(11-15)29-4/h10-11,14H,6-9,12-13H2,1-5H3,(H,22,27). The zero-order valence-electron chi connectivity index (χ0n) is 18.8. The summed E-state index contributed by atoms with van der Waals surface area (Å²) in [6.07, 6.45) is 0. The van der Waals surface area contributed by atoms with Gasteiger partial charge < -0.3 is 24.1 Å². The van der Waals surface area contributed by atoms with Crippen LogP contribution in [0.15, 0.2) is 16.7 Å². The van der Waals surface area contributed by atoms with Crippen LogP contribution in [-0.4, -0.2) is 79.9 Å². The Hall–Kier alpha value is -2.85. The smallest absolute Gasteiger partial charge is 0.240 e. The lowest BCUT2D eigenvalue weighted by Crippen LogP contribution is -2.48. The molecule has 10 nitrogen and oxygen atoms in total. The van der Waals surface area contributed by atoms with Crippen LogP contribution >= 0.6 is 0 Å². The molecule has 2 aromatic rings. The van der Waals surface area contributed by atoms with E-state index in [0.29, 0.717) is 41.9 Å². The van der Waals surface area contributed by atoms with E-state index in [4.69, 9.17) is 18.7 Å². The molecule has 31 heavy (non-hydrogen) atoms. The Balaban J connectivity index is 1.50. The van der Waals surface area contributed by atoms with Crippen molar-refractivity contribution < 1.29 is 23.5 Å². The lowest BCUT2D eigenvalue weighted by molar-refractivity contribution is -0.117. The highest BCUT2D eigenvalue weighted by atomic mass is 16.5. The Kier molecular flexibility index (Phi) is 7.69. The van der Waals surface area contributed by atoms with Crippen LogP contribution in [0.2, 0.25) is 0 Å². The minimum atomic E-state index is -0.0961. The maximum absolute atomic E-state index is 12.6. The van der Waals surface area contributed by atoms with Crippen LogP contribution in [0, 0.1) is 0 Å². The van der Waals surface area contributed by atoms with Gasteiger partial charge in [-0.25, -0.2) is 0 Å². The Labute approximate surface area is 182 Å². The van der Waals surface area contributed by atoms with Crippen LogP contribution < -0.4 is 19.5 Å². The van der Waals surface area contributed by atoms with Crippen LogP contribution in [0.4, 0.5) is 5.69 Å². The molecule has 0 spiro atoms. The lowest BCUT2D eigenvalue weighted by atomic mass is 10.2. The number of carbonyl (C=O) groups excluding carboxylic acids is 1. The number of hydrogen-bond donors (Lipinski definition) is 1. The highest BCUT2D eigenvalue weighted by molar-refractivity contribution is 5.93. The van der Waals surface area contributed by atoms with Gasteiger partial charge in [0.1, 0.15) is 0 Å². The maximum Gasteiger partial charge on any atom is 0.240 e. The highest BCUT2D eigenvalue weighted by Gasteiger charge is 2.22. The van der Waals surface area contributed by atoms with E-state index in [1.54, 1.807) is 33.5 Å². The average Bonchev–Trinajstić information content (AvgIpc) is 3.23. The van der Waals surface area contributed by atoms with Crippen molar-refractivity contribution in [1.82, 2.24) is 19.9 Å². The molecular weight excluding hydrogens is 402 g/mol. The van der Waals surface area contributed by atoms with Crippen molar-refractivity contribution in [3.05, 3.63) is 23.8 Å². The molecule has 0 atom stereocenters. The van der Waals surface area contributed by atoms with Gasteiger partial charge in [0.15, 0.2) is 17.3 Å². The van der Waals surface area contributed by atoms with Crippen LogP contribution in [0.5, 0.6) is 17.2 Å². The van der Waals surface area contributed by atoms with Crippen LogP contribution in [-0.2, 0) is 11.3 Å². The van der Waals surface area contributed by atoms with E-state index >= 15 is 0 Å². The molecule has 10 heteroatoms. The van der Waals surface area contributed by atoms with Crippen molar-refractivity contribution in [2.45, 2.75) is 26.3 Å². The van der Waals surface area contributed by atoms with Crippen LogP contribution in [0.25, 0.3) is 0 Å². The molecule has 0 saturated carbocycles. The van der Waals surface area contributed by atoms with E-state index in [2.05, 4.69) is 25.3 Å². The quantitative estimate of drug-likeness (QED) is 0.636. The minimum absolute atomic E-state index is 0.0961. The van der Waals surface area contributed by atoms with Crippen LogP contribution in [0.3, 0.4) is 0 Å². The predicted molar refractivity (Wildman–Crippen MR) is 115 cm³/mol. The summed E-state index contributed by atoms with van der Waals surface area (Å²) in [5.41, 5.74) is 0.593. The first-order chi connectivity index (χ1) is 14.9. The van der Waals surface area contributed by atoms with Gasteiger partial charge in [0.05, 0.1) is 34.4 Å². The van der Waals surface area contributed by atoms with Crippen molar-refractivity contribution in [2.24, 2.45) is 0 Å². The number of carbonyl (C=O) groups is 1. The number of piperazine rings is 1. The molecule has 0 aliphatic carbocycles. The third kappa shape index (κ3) is 5.86. The third-order valence-electron chi connectivity index (χ3n) is 5.14. The van der Waals surface area contributed by atoms with E-state index < -0.39 is 0 Å². The molecule has 1 amide bonds. The SMILES string of the molecule is COc1cc(NC(=O)CN2CCN(Cc3nc(C(C)C)no3)CC2)cc(OC)c1OC. The molecular formula is C21H31N5O5. The fraction of sp³-hybridized carbons (Fsp3) is 0.571. The molecule has 1 N–H and O–H groups in total. The third-order valence-corrected chi connectivity index (χ3v) is 5.14. The van der Waals surface area contributed by atoms with Crippen LogP contribution in [0.1, 0.15) is 31.5 Å². The number of nitrogens with one attached hydrogen (secondary N) is 1. The molecule has 1 aliphatic heterocycles. The molecule has 0 radical (unpaired) electrons. The highest BCUT2D eigenvalue weighted by Crippen LogP contribution is 2.39. The van der Waals surface area contributed by atoms with E-state index in [-0.39, 0.29) is 11.8 Å². The Bertz CT molecular complexity index is 852. The van der Waals surface area contributed by atoms with Gasteiger partial charge in [0.25, 0.3) is 0 Å². The fourth-order valence-electron chi connectivity index (χ4n) is 3.42. The molecule has 1 aromatic heterocycles. The number of ether oxygens (including phenoxy) is 3.